The molecule has 0 spiro atoms. The Balaban J connectivity index is 1.91. The van der Waals surface area contributed by atoms with E-state index in [1.54, 1.807) is 12.1 Å². The lowest BCUT2D eigenvalue weighted by molar-refractivity contribution is 0.102. The number of para-hydroxylation sites is 1. The summed E-state index contributed by atoms with van der Waals surface area (Å²) in [6, 6.07) is 8.32. The zero-order valence-corrected chi connectivity index (χ0v) is 12.2. The first-order chi connectivity index (χ1) is 10.5. The number of rotatable bonds is 2. The van der Waals surface area contributed by atoms with E-state index in [-0.39, 0.29) is 17.7 Å². The summed E-state index contributed by atoms with van der Waals surface area (Å²) in [4.78, 5) is 12.4. The number of carbonyl (C=O) groups excluding carboxylic acids is 1. The lowest BCUT2D eigenvalue weighted by atomic mass is 9.97. The molecule has 0 saturated heterocycles. The molecular weight excluding hydrogens is 288 g/mol. The van der Waals surface area contributed by atoms with E-state index in [4.69, 9.17) is 4.74 Å². The Kier molecular flexibility index (Phi) is 3.56. The van der Waals surface area contributed by atoms with Gasteiger partial charge in [0.05, 0.1) is 11.3 Å². The molecule has 0 bridgehead atoms. The third kappa shape index (κ3) is 2.43. The molecule has 22 heavy (non-hydrogen) atoms. The molecule has 2 unspecified atom stereocenters. The fourth-order valence-electron chi connectivity index (χ4n) is 2.55. The van der Waals surface area contributed by atoms with Crippen molar-refractivity contribution in [3.8, 4) is 5.75 Å². The van der Waals surface area contributed by atoms with Gasteiger partial charge in [-0.05, 0) is 25.1 Å². The highest BCUT2D eigenvalue weighted by Crippen LogP contribution is 2.40. The SMILES string of the molecule is CC1Oc2c(C(=O)Nc3ccc(F)cc3F)cccc2C1C. The Labute approximate surface area is 126 Å². The third-order valence-corrected chi connectivity index (χ3v) is 3.97. The number of anilines is 1. The highest BCUT2D eigenvalue weighted by molar-refractivity contribution is 6.06. The van der Waals surface area contributed by atoms with Gasteiger partial charge in [-0.1, -0.05) is 19.1 Å². The first-order valence-corrected chi connectivity index (χ1v) is 7.03. The van der Waals surface area contributed by atoms with E-state index >= 15 is 0 Å². The predicted molar refractivity (Wildman–Crippen MR) is 79.3 cm³/mol. The summed E-state index contributed by atoms with van der Waals surface area (Å²) >= 11 is 0. The number of halogens is 2. The highest BCUT2D eigenvalue weighted by Gasteiger charge is 2.31. The number of amides is 1. The minimum Gasteiger partial charge on any atom is -0.489 e. The average molecular weight is 303 g/mol. The predicted octanol–water partition coefficient (Wildman–Crippen LogP) is 4.10. The van der Waals surface area contributed by atoms with Gasteiger partial charge < -0.3 is 10.1 Å². The van der Waals surface area contributed by atoms with E-state index < -0.39 is 17.5 Å². The van der Waals surface area contributed by atoms with Crippen LogP contribution in [0.2, 0.25) is 0 Å². The third-order valence-electron chi connectivity index (χ3n) is 3.97. The monoisotopic (exact) mass is 303 g/mol. The van der Waals surface area contributed by atoms with Crippen LogP contribution in [-0.2, 0) is 0 Å². The van der Waals surface area contributed by atoms with Crippen molar-refractivity contribution >= 4 is 11.6 Å². The number of nitrogens with one attached hydrogen (secondary N) is 1. The van der Waals surface area contributed by atoms with E-state index in [1.165, 1.54) is 6.07 Å². The Hall–Kier alpha value is -2.43. The van der Waals surface area contributed by atoms with Crippen LogP contribution < -0.4 is 10.1 Å². The maximum Gasteiger partial charge on any atom is 0.259 e. The second kappa shape index (κ2) is 5.40. The summed E-state index contributed by atoms with van der Waals surface area (Å²) in [7, 11) is 0. The van der Waals surface area contributed by atoms with E-state index in [9.17, 15) is 13.6 Å². The fraction of sp³-hybridized carbons (Fsp3) is 0.235. The molecule has 3 rings (SSSR count). The molecule has 2 atom stereocenters. The van der Waals surface area contributed by atoms with Crippen LogP contribution in [0, 0.1) is 11.6 Å². The standard InChI is InChI=1S/C17H15F2NO2/c1-9-10(2)22-16-12(9)4-3-5-13(16)17(21)20-15-7-6-11(18)8-14(15)19/h3-10H,1-2H3,(H,20,21). The number of carbonyl (C=O) groups is 1. The largest absolute Gasteiger partial charge is 0.489 e. The van der Waals surface area contributed by atoms with E-state index in [0.717, 1.165) is 17.7 Å². The molecule has 0 saturated carbocycles. The zero-order chi connectivity index (χ0) is 15.9. The second-order valence-electron chi connectivity index (χ2n) is 5.41. The lowest BCUT2D eigenvalue weighted by Crippen LogP contribution is -2.15. The molecule has 0 fully saturated rings. The van der Waals surface area contributed by atoms with Crippen molar-refractivity contribution in [2.75, 3.05) is 5.32 Å². The molecule has 3 nitrogen and oxygen atoms in total. The van der Waals surface area contributed by atoms with Gasteiger partial charge in [0.25, 0.3) is 5.91 Å². The summed E-state index contributed by atoms with van der Waals surface area (Å²) in [6.45, 7) is 3.96. The van der Waals surface area contributed by atoms with Gasteiger partial charge in [0.1, 0.15) is 23.5 Å². The Bertz CT molecular complexity index is 745. The van der Waals surface area contributed by atoms with Gasteiger partial charge in [-0.15, -0.1) is 0 Å². The quantitative estimate of drug-likeness (QED) is 0.907. The van der Waals surface area contributed by atoms with Crippen LogP contribution in [0.5, 0.6) is 5.75 Å². The van der Waals surface area contributed by atoms with Crippen molar-refractivity contribution in [1.29, 1.82) is 0 Å². The molecule has 0 aromatic heterocycles. The Morgan fingerprint density at radius 1 is 1.18 bits per heavy atom. The maximum absolute atomic E-state index is 13.6. The van der Waals surface area contributed by atoms with Gasteiger partial charge in [-0.25, -0.2) is 8.78 Å². The molecule has 0 aliphatic carbocycles. The summed E-state index contributed by atoms with van der Waals surface area (Å²) < 4.78 is 32.3. The highest BCUT2D eigenvalue weighted by atomic mass is 19.1. The van der Waals surface area contributed by atoms with Crippen LogP contribution in [0.3, 0.4) is 0 Å². The van der Waals surface area contributed by atoms with E-state index in [2.05, 4.69) is 5.32 Å². The van der Waals surface area contributed by atoms with Gasteiger partial charge in [-0.2, -0.15) is 0 Å². The zero-order valence-electron chi connectivity index (χ0n) is 12.2. The normalized spacial score (nSPS) is 19.5. The molecule has 0 radical (unpaired) electrons. The van der Waals surface area contributed by atoms with Crippen LogP contribution in [0.25, 0.3) is 0 Å². The number of benzene rings is 2. The summed E-state index contributed by atoms with van der Waals surface area (Å²) in [6.07, 6.45) is -0.0218. The Morgan fingerprint density at radius 3 is 2.68 bits per heavy atom. The smallest absolute Gasteiger partial charge is 0.259 e. The van der Waals surface area contributed by atoms with Gasteiger partial charge in [0.15, 0.2) is 0 Å². The topological polar surface area (TPSA) is 38.3 Å². The van der Waals surface area contributed by atoms with Gasteiger partial charge in [-0.3, -0.25) is 4.79 Å². The maximum atomic E-state index is 13.6. The Morgan fingerprint density at radius 2 is 1.95 bits per heavy atom. The minimum atomic E-state index is -0.816. The number of fused-ring (bicyclic) bond motifs is 1. The van der Waals surface area contributed by atoms with Crippen LogP contribution in [-0.4, -0.2) is 12.0 Å². The van der Waals surface area contributed by atoms with Crippen molar-refractivity contribution in [3.63, 3.8) is 0 Å². The lowest BCUT2D eigenvalue weighted by Gasteiger charge is -2.10. The second-order valence-corrected chi connectivity index (χ2v) is 5.41. The van der Waals surface area contributed by atoms with Crippen molar-refractivity contribution in [1.82, 2.24) is 0 Å². The fourth-order valence-corrected chi connectivity index (χ4v) is 2.55. The van der Waals surface area contributed by atoms with E-state index in [1.807, 2.05) is 19.9 Å². The average Bonchev–Trinajstić information content (AvgIpc) is 2.77. The minimum absolute atomic E-state index is 0.0218. The van der Waals surface area contributed by atoms with Crippen LogP contribution >= 0.6 is 0 Å². The van der Waals surface area contributed by atoms with Crippen molar-refractivity contribution in [2.45, 2.75) is 25.9 Å². The van der Waals surface area contributed by atoms with Gasteiger partial charge >= 0.3 is 0 Å². The number of ether oxygens (including phenoxy) is 1. The molecule has 1 aliphatic heterocycles. The van der Waals surface area contributed by atoms with E-state index in [0.29, 0.717) is 11.3 Å². The van der Waals surface area contributed by atoms with Crippen LogP contribution in [0.15, 0.2) is 36.4 Å². The van der Waals surface area contributed by atoms with Crippen molar-refractivity contribution in [2.24, 2.45) is 0 Å². The van der Waals surface area contributed by atoms with Crippen LogP contribution in [0.1, 0.15) is 35.7 Å². The summed E-state index contributed by atoms with van der Waals surface area (Å²) in [5.41, 5.74) is 1.24. The molecule has 1 heterocycles. The summed E-state index contributed by atoms with van der Waals surface area (Å²) in [5.74, 6) is -1.28. The first-order valence-electron chi connectivity index (χ1n) is 7.03. The van der Waals surface area contributed by atoms with Crippen molar-refractivity contribution < 1.29 is 18.3 Å². The number of hydrogen-bond donors (Lipinski definition) is 1. The molecule has 1 aliphatic rings. The van der Waals surface area contributed by atoms with Gasteiger partial charge in [0.2, 0.25) is 0 Å². The first kappa shape index (κ1) is 14.5. The molecule has 5 heteroatoms. The molecule has 2 aromatic carbocycles. The molecule has 2 aromatic rings. The van der Waals surface area contributed by atoms with Gasteiger partial charge in [0, 0.05) is 17.5 Å². The molecule has 1 N–H and O–H groups in total. The van der Waals surface area contributed by atoms with Crippen molar-refractivity contribution in [3.05, 3.63) is 59.2 Å². The van der Waals surface area contributed by atoms with Crippen LogP contribution in [0.4, 0.5) is 14.5 Å². The number of hydrogen-bond acceptors (Lipinski definition) is 2. The summed E-state index contributed by atoms with van der Waals surface area (Å²) in [5, 5.41) is 2.45. The molecule has 114 valence electrons. The molecule has 1 amide bonds. The molecular formula is C17H15F2NO2.